The van der Waals surface area contributed by atoms with Crippen LogP contribution in [-0.2, 0) is 12.6 Å². The Bertz CT molecular complexity index is 1130. The van der Waals surface area contributed by atoms with E-state index in [9.17, 15) is 23.2 Å². The molecule has 12 heteroatoms. The Hall–Kier alpha value is -3.25. The zero-order valence-corrected chi connectivity index (χ0v) is 18.2. The number of rotatable bonds is 8. The fraction of sp³-hybridized carbons (Fsp3) is 0.300. The first kappa shape index (κ1) is 23.4. The molecule has 0 fully saturated rings. The second-order valence-corrected chi connectivity index (χ2v) is 7.56. The second-order valence-electron chi connectivity index (χ2n) is 6.56. The number of aromatic nitrogens is 1. The van der Waals surface area contributed by atoms with Gasteiger partial charge in [0.05, 0.1) is 25.5 Å². The van der Waals surface area contributed by atoms with Crippen LogP contribution in [0.1, 0.15) is 20.9 Å². The van der Waals surface area contributed by atoms with E-state index in [1.165, 1.54) is 21.3 Å². The molecule has 172 valence electrons. The summed E-state index contributed by atoms with van der Waals surface area (Å²) in [6, 6.07) is 6.99. The van der Waals surface area contributed by atoms with Gasteiger partial charge in [0, 0.05) is 17.3 Å². The molecule has 0 aliphatic carbocycles. The van der Waals surface area contributed by atoms with Crippen molar-refractivity contribution in [2.45, 2.75) is 12.6 Å². The Morgan fingerprint density at radius 2 is 1.84 bits per heavy atom. The van der Waals surface area contributed by atoms with Gasteiger partial charge in [-0.3, -0.25) is 20.3 Å². The molecule has 3 N–H and O–H groups in total. The highest BCUT2D eigenvalue weighted by Crippen LogP contribution is 2.36. The van der Waals surface area contributed by atoms with Gasteiger partial charge < -0.3 is 14.8 Å². The summed E-state index contributed by atoms with van der Waals surface area (Å²) in [5, 5.41) is 12.0. The number of ether oxygens (including phenoxy) is 2. The molecule has 3 rings (SSSR count). The summed E-state index contributed by atoms with van der Waals surface area (Å²) in [7, 11) is 4.29. The quantitative estimate of drug-likeness (QED) is 0.345. The molecule has 0 bridgehead atoms. The van der Waals surface area contributed by atoms with Gasteiger partial charge in [0.1, 0.15) is 11.8 Å². The number of nitrogens with zero attached hydrogens (tertiary/aromatic N) is 1. The monoisotopic (exact) mass is 472 g/mol. The van der Waals surface area contributed by atoms with E-state index in [0.29, 0.717) is 17.9 Å². The van der Waals surface area contributed by atoms with Gasteiger partial charge in [0.25, 0.3) is 5.52 Å². The van der Waals surface area contributed by atoms with Crippen LogP contribution >= 0.6 is 11.3 Å². The standard InChI is InChI=1S/C20H20F3N3O5S/c1-29-15-5-4-11(8-16(15)30-2)6-7-24-18(27)19-26(31-3)14-10-12(20(21,22)23)9-13(25-28)17(14)32-19/h4-5,8-10,25,28H,6-7H2,1-3H3/p+1. The summed E-state index contributed by atoms with van der Waals surface area (Å²) < 4.78 is 51.3. The van der Waals surface area contributed by atoms with Crippen LogP contribution in [0, 0.1) is 0 Å². The third-order valence-corrected chi connectivity index (χ3v) is 5.82. The number of fused-ring (bicyclic) bond motifs is 1. The van der Waals surface area contributed by atoms with Crippen LogP contribution in [0.5, 0.6) is 11.5 Å². The number of anilines is 1. The molecule has 3 aromatic rings. The average Bonchev–Trinajstić information content (AvgIpc) is 3.16. The van der Waals surface area contributed by atoms with Crippen molar-refractivity contribution in [1.82, 2.24) is 5.32 Å². The Kier molecular flexibility index (Phi) is 6.94. The molecule has 1 heterocycles. The molecule has 0 spiro atoms. The molecule has 0 unspecified atom stereocenters. The number of halogens is 3. The van der Waals surface area contributed by atoms with Gasteiger partial charge in [-0.15, -0.1) is 0 Å². The normalized spacial score (nSPS) is 11.3. The molecular weight excluding hydrogens is 451 g/mol. The van der Waals surface area contributed by atoms with Crippen LogP contribution in [-0.4, -0.2) is 39.0 Å². The average molecular weight is 472 g/mol. The Balaban J connectivity index is 1.83. The van der Waals surface area contributed by atoms with Gasteiger partial charge in [-0.05, 0) is 41.5 Å². The molecule has 0 aliphatic heterocycles. The van der Waals surface area contributed by atoms with Gasteiger partial charge in [-0.2, -0.15) is 13.2 Å². The van der Waals surface area contributed by atoms with Crippen molar-refractivity contribution in [3.8, 4) is 11.5 Å². The number of benzene rings is 2. The van der Waals surface area contributed by atoms with E-state index in [4.69, 9.17) is 14.3 Å². The maximum atomic E-state index is 13.2. The van der Waals surface area contributed by atoms with Gasteiger partial charge in [-0.1, -0.05) is 6.07 Å². The number of methoxy groups -OCH3 is 2. The van der Waals surface area contributed by atoms with E-state index in [-0.39, 0.29) is 27.5 Å². The first-order valence-corrected chi connectivity index (χ1v) is 10.1. The SMILES string of the molecule is COc1ccc(CCNC(=O)c2sc3c(NO)cc(C(F)(F)F)cc3[n+]2OC)cc1OC. The van der Waals surface area contributed by atoms with Crippen LogP contribution in [0.15, 0.2) is 30.3 Å². The van der Waals surface area contributed by atoms with E-state index in [0.717, 1.165) is 33.8 Å². The highest BCUT2D eigenvalue weighted by molar-refractivity contribution is 7.20. The summed E-state index contributed by atoms with van der Waals surface area (Å²) in [4.78, 5) is 17.9. The Morgan fingerprint density at radius 3 is 2.44 bits per heavy atom. The van der Waals surface area contributed by atoms with E-state index in [1.54, 1.807) is 17.6 Å². The number of thiazole rings is 1. The molecule has 2 aromatic carbocycles. The number of hydrogen-bond donors (Lipinski definition) is 3. The maximum Gasteiger partial charge on any atom is 0.416 e. The lowest BCUT2D eigenvalue weighted by Gasteiger charge is -2.09. The van der Waals surface area contributed by atoms with Crippen molar-refractivity contribution in [2.75, 3.05) is 33.4 Å². The highest BCUT2D eigenvalue weighted by Gasteiger charge is 2.36. The van der Waals surface area contributed by atoms with Gasteiger partial charge in [0.15, 0.2) is 11.5 Å². The Labute approximate surface area is 185 Å². The topological polar surface area (TPSA) is 92.9 Å². The predicted molar refractivity (Wildman–Crippen MR) is 111 cm³/mol. The number of hydrogen-bond acceptors (Lipinski definition) is 7. The summed E-state index contributed by atoms with van der Waals surface area (Å²) in [6.07, 6.45) is -4.17. The fourth-order valence-electron chi connectivity index (χ4n) is 3.12. The molecule has 0 aliphatic rings. The minimum atomic E-state index is -4.64. The lowest BCUT2D eigenvalue weighted by molar-refractivity contribution is -0.863. The summed E-state index contributed by atoms with van der Waals surface area (Å²) >= 11 is 0.884. The van der Waals surface area contributed by atoms with Crippen molar-refractivity contribution in [3.63, 3.8) is 0 Å². The minimum Gasteiger partial charge on any atom is -0.493 e. The lowest BCUT2D eigenvalue weighted by Crippen LogP contribution is -2.47. The maximum absolute atomic E-state index is 13.2. The predicted octanol–water partition coefficient (Wildman–Crippen LogP) is 3.06. The minimum absolute atomic E-state index is 0.00563. The molecule has 1 aromatic heterocycles. The first-order chi connectivity index (χ1) is 15.2. The fourth-order valence-corrected chi connectivity index (χ4v) is 4.19. The van der Waals surface area contributed by atoms with Gasteiger partial charge in [0.2, 0.25) is 0 Å². The number of alkyl halides is 3. The van der Waals surface area contributed by atoms with Crippen molar-refractivity contribution in [1.29, 1.82) is 0 Å². The number of carbonyl (C=O) groups excluding carboxylic acids is 1. The van der Waals surface area contributed by atoms with Crippen LogP contribution in [0.25, 0.3) is 10.2 Å². The zero-order valence-electron chi connectivity index (χ0n) is 17.4. The second kappa shape index (κ2) is 9.49. The molecule has 0 atom stereocenters. The van der Waals surface area contributed by atoms with Crippen LogP contribution in [0.3, 0.4) is 0 Å². The van der Waals surface area contributed by atoms with E-state index in [2.05, 4.69) is 5.32 Å². The van der Waals surface area contributed by atoms with E-state index >= 15 is 0 Å². The van der Waals surface area contributed by atoms with Crippen LogP contribution < -0.4 is 29.8 Å². The van der Waals surface area contributed by atoms with Crippen molar-refractivity contribution >= 4 is 33.1 Å². The number of nitrogens with one attached hydrogen (secondary N) is 2. The van der Waals surface area contributed by atoms with Crippen molar-refractivity contribution < 1.29 is 42.2 Å². The van der Waals surface area contributed by atoms with Gasteiger partial charge in [-0.25, -0.2) is 0 Å². The van der Waals surface area contributed by atoms with Crippen LogP contribution in [0.2, 0.25) is 0 Å². The molecule has 0 radical (unpaired) electrons. The summed E-state index contributed by atoms with van der Waals surface area (Å²) in [6.45, 7) is 0.255. The Morgan fingerprint density at radius 1 is 1.12 bits per heavy atom. The molecule has 8 nitrogen and oxygen atoms in total. The van der Waals surface area contributed by atoms with E-state index in [1.807, 2.05) is 6.07 Å². The summed E-state index contributed by atoms with van der Waals surface area (Å²) in [5.41, 5.74) is 1.46. The highest BCUT2D eigenvalue weighted by atomic mass is 32.1. The number of carbonyl (C=O) groups is 1. The third-order valence-electron chi connectivity index (χ3n) is 4.64. The zero-order chi connectivity index (χ0) is 23.5. The van der Waals surface area contributed by atoms with Gasteiger partial charge >= 0.3 is 17.1 Å². The molecule has 1 amide bonds. The molecule has 32 heavy (non-hydrogen) atoms. The lowest BCUT2D eigenvalue weighted by atomic mass is 10.1. The van der Waals surface area contributed by atoms with Crippen molar-refractivity contribution in [3.05, 3.63) is 46.5 Å². The van der Waals surface area contributed by atoms with Crippen molar-refractivity contribution in [2.24, 2.45) is 0 Å². The largest absolute Gasteiger partial charge is 0.493 e. The molecule has 0 saturated carbocycles. The smallest absolute Gasteiger partial charge is 0.416 e. The summed E-state index contributed by atoms with van der Waals surface area (Å²) in [5.74, 6) is 0.603. The van der Waals surface area contributed by atoms with E-state index < -0.39 is 17.6 Å². The molecule has 0 saturated heterocycles. The van der Waals surface area contributed by atoms with Crippen LogP contribution in [0.4, 0.5) is 18.9 Å². The third kappa shape index (κ3) is 4.65. The first-order valence-electron chi connectivity index (χ1n) is 9.27. The molecular formula is C20H21F3N3O5S+. The number of amides is 1.